The van der Waals surface area contributed by atoms with Gasteiger partial charge in [0.15, 0.2) is 0 Å². The van der Waals surface area contributed by atoms with Gasteiger partial charge in [-0.2, -0.15) is 0 Å². The van der Waals surface area contributed by atoms with Crippen molar-refractivity contribution < 1.29 is 14.3 Å². The molecule has 26 heavy (non-hydrogen) atoms. The predicted molar refractivity (Wildman–Crippen MR) is 106 cm³/mol. The van der Waals surface area contributed by atoms with Crippen molar-refractivity contribution >= 4 is 24.4 Å². The summed E-state index contributed by atoms with van der Waals surface area (Å²) < 4.78 is 5.43. The van der Waals surface area contributed by atoms with Crippen molar-refractivity contribution in [3.8, 4) is 5.75 Å². The van der Waals surface area contributed by atoms with Gasteiger partial charge in [0.2, 0.25) is 5.91 Å². The summed E-state index contributed by atoms with van der Waals surface area (Å²) in [7, 11) is 3.35. The Balaban J connectivity index is 0.00000625. The summed E-state index contributed by atoms with van der Waals surface area (Å²) in [4.78, 5) is 32.5. The maximum absolute atomic E-state index is 12.8. The standard InChI is InChI=1S/C19H31N3O3.ClH/c1-13(2)9-10-21(7)17(23)19(5,6)22(8)18(24)25-16-11-14(3)20-15(4)12-16;/h11-13H,9-10H2,1-8H3;1H. The number of carbonyl (C=O) groups is 2. The third-order valence-corrected chi connectivity index (χ3v) is 4.28. The summed E-state index contributed by atoms with van der Waals surface area (Å²) in [6.07, 6.45) is 0.350. The average molecular weight is 386 g/mol. The molecule has 0 saturated heterocycles. The third kappa shape index (κ3) is 6.48. The smallest absolute Gasteiger partial charge is 0.410 e. The van der Waals surface area contributed by atoms with Crippen LogP contribution in [0.2, 0.25) is 0 Å². The number of hydrogen-bond acceptors (Lipinski definition) is 4. The molecule has 0 saturated carbocycles. The Labute approximate surface area is 163 Å². The number of likely N-dealkylation sites (N-methyl/N-ethyl adjacent to an activating group) is 2. The molecule has 0 aromatic carbocycles. The Morgan fingerprint density at radius 2 is 1.65 bits per heavy atom. The zero-order valence-electron chi connectivity index (χ0n) is 17.1. The number of hydrogen-bond donors (Lipinski definition) is 0. The van der Waals surface area contributed by atoms with Crippen LogP contribution in [-0.2, 0) is 4.79 Å². The first-order valence-corrected chi connectivity index (χ1v) is 8.61. The van der Waals surface area contributed by atoms with Crippen LogP contribution < -0.4 is 4.74 Å². The van der Waals surface area contributed by atoms with Crippen LogP contribution >= 0.6 is 12.4 Å². The third-order valence-electron chi connectivity index (χ3n) is 4.28. The molecule has 0 fully saturated rings. The summed E-state index contributed by atoms with van der Waals surface area (Å²) in [6.45, 7) is 12.0. The van der Waals surface area contributed by atoms with Crippen molar-refractivity contribution in [2.45, 2.75) is 53.5 Å². The van der Waals surface area contributed by atoms with Gasteiger partial charge in [0.25, 0.3) is 0 Å². The molecular weight excluding hydrogens is 354 g/mol. The topological polar surface area (TPSA) is 62.7 Å². The molecule has 0 aliphatic carbocycles. The van der Waals surface area contributed by atoms with Gasteiger partial charge in [-0.1, -0.05) is 13.8 Å². The highest BCUT2D eigenvalue weighted by molar-refractivity contribution is 5.89. The van der Waals surface area contributed by atoms with Gasteiger partial charge in [0.05, 0.1) is 0 Å². The second-order valence-corrected chi connectivity index (χ2v) is 7.48. The monoisotopic (exact) mass is 385 g/mol. The first-order valence-electron chi connectivity index (χ1n) is 8.61. The van der Waals surface area contributed by atoms with Crippen LogP contribution in [0.25, 0.3) is 0 Å². The predicted octanol–water partition coefficient (Wildman–Crippen LogP) is 3.83. The van der Waals surface area contributed by atoms with E-state index < -0.39 is 11.6 Å². The summed E-state index contributed by atoms with van der Waals surface area (Å²) in [5.74, 6) is 0.826. The zero-order valence-corrected chi connectivity index (χ0v) is 17.9. The van der Waals surface area contributed by atoms with Gasteiger partial charge in [-0.25, -0.2) is 4.79 Å². The van der Waals surface area contributed by atoms with E-state index in [0.29, 0.717) is 18.2 Å². The van der Waals surface area contributed by atoms with Crippen molar-refractivity contribution in [3.63, 3.8) is 0 Å². The highest BCUT2D eigenvalue weighted by atomic mass is 35.5. The Morgan fingerprint density at radius 3 is 2.12 bits per heavy atom. The molecule has 0 bridgehead atoms. The number of ether oxygens (including phenoxy) is 1. The summed E-state index contributed by atoms with van der Waals surface area (Å²) >= 11 is 0. The Bertz CT molecular complexity index is 612. The molecule has 0 N–H and O–H groups in total. The van der Waals surface area contributed by atoms with Gasteiger partial charge < -0.3 is 9.64 Å². The molecule has 0 aliphatic heterocycles. The van der Waals surface area contributed by atoms with Gasteiger partial charge in [-0.15, -0.1) is 12.4 Å². The quantitative estimate of drug-likeness (QED) is 0.746. The molecule has 0 atom stereocenters. The maximum Gasteiger partial charge on any atom is 0.415 e. The maximum atomic E-state index is 12.8. The normalized spacial score (nSPS) is 11.0. The molecule has 0 radical (unpaired) electrons. The molecular formula is C19H32ClN3O3. The minimum atomic E-state index is -1.00. The van der Waals surface area contributed by atoms with E-state index in [2.05, 4.69) is 18.8 Å². The van der Waals surface area contributed by atoms with E-state index in [4.69, 9.17) is 4.74 Å². The number of nitrogens with zero attached hydrogens (tertiary/aromatic N) is 3. The molecule has 6 nitrogen and oxygen atoms in total. The van der Waals surface area contributed by atoms with Crippen LogP contribution in [0.4, 0.5) is 4.79 Å². The highest BCUT2D eigenvalue weighted by Gasteiger charge is 2.38. The lowest BCUT2D eigenvalue weighted by molar-refractivity contribution is -0.139. The summed E-state index contributed by atoms with van der Waals surface area (Å²) in [5.41, 5.74) is 0.545. The molecule has 0 spiro atoms. The van der Waals surface area contributed by atoms with E-state index in [1.807, 2.05) is 13.8 Å². The summed E-state index contributed by atoms with van der Waals surface area (Å²) in [6, 6.07) is 3.39. The fraction of sp³-hybridized carbons (Fsp3) is 0.632. The minimum absolute atomic E-state index is 0. The van der Waals surface area contributed by atoms with E-state index in [0.717, 1.165) is 17.8 Å². The van der Waals surface area contributed by atoms with Gasteiger partial charge in [0.1, 0.15) is 11.3 Å². The molecule has 0 aliphatic rings. The molecule has 1 aromatic heterocycles. The molecule has 1 aromatic rings. The lowest BCUT2D eigenvalue weighted by Crippen LogP contribution is -2.56. The Hall–Kier alpha value is -1.82. The highest BCUT2D eigenvalue weighted by Crippen LogP contribution is 2.20. The van der Waals surface area contributed by atoms with Gasteiger partial charge in [0, 0.05) is 44.2 Å². The van der Waals surface area contributed by atoms with Crippen LogP contribution in [0.15, 0.2) is 12.1 Å². The number of rotatable bonds is 6. The number of halogens is 1. The van der Waals surface area contributed by atoms with Crippen molar-refractivity contribution in [3.05, 3.63) is 23.5 Å². The van der Waals surface area contributed by atoms with Crippen LogP contribution in [0.5, 0.6) is 5.75 Å². The van der Waals surface area contributed by atoms with Gasteiger partial charge in [-0.05, 0) is 40.0 Å². The molecule has 1 heterocycles. The van der Waals surface area contributed by atoms with Crippen molar-refractivity contribution in [2.24, 2.45) is 5.92 Å². The van der Waals surface area contributed by atoms with Gasteiger partial charge >= 0.3 is 6.09 Å². The first-order chi connectivity index (χ1) is 11.4. The summed E-state index contributed by atoms with van der Waals surface area (Å²) in [5, 5.41) is 0. The molecule has 7 heteroatoms. The second-order valence-electron chi connectivity index (χ2n) is 7.48. The first kappa shape index (κ1) is 24.2. The van der Waals surface area contributed by atoms with E-state index in [9.17, 15) is 9.59 Å². The van der Waals surface area contributed by atoms with Crippen LogP contribution in [-0.4, -0.2) is 53.0 Å². The lowest BCUT2D eigenvalue weighted by atomic mass is 10.0. The van der Waals surface area contributed by atoms with Gasteiger partial charge in [-0.3, -0.25) is 14.7 Å². The Kier molecular flexibility index (Phi) is 9.08. The Morgan fingerprint density at radius 1 is 1.15 bits per heavy atom. The number of amides is 2. The fourth-order valence-corrected chi connectivity index (χ4v) is 2.42. The van der Waals surface area contributed by atoms with Crippen molar-refractivity contribution in [2.75, 3.05) is 20.6 Å². The lowest BCUT2D eigenvalue weighted by Gasteiger charge is -2.36. The van der Waals surface area contributed by atoms with Crippen LogP contribution in [0.1, 0.15) is 45.5 Å². The van der Waals surface area contributed by atoms with E-state index >= 15 is 0 Å². The van der Waals surface area contributed by atoms with E-state index in [1.54, 1.807) is 45.0 Å². The van der Waals surface area contributed by atoms with Crippen LogP contribution in [0, 0.1) is 19.8 Å². The number of carbonyl (C=O) groups excluding carboxylic acids is 2. The van der Waals surface area contributed by atoms with E-state index in [-0.39, 0.29) is 18.3 Å². The number of pyridine rings is 1. The minimum Gasteiger partial charge on any atom is -0.410 e. The molecule has 0 unspecified atom stereocenters. The average Bonchev–Trinajstić information content (AvgIpc) is 2.49. The SMILES string of the molecule is Cc1cc(OC(=O)N(C)C(C)(C)C(=O)N(C)CCC(C)C)cc(C)n1.Cl. The number of aryl methyl sites for hydroxylation is 2. The molecule has 148 valence electrons. The molecule has 2 amide bonds. The molecule has 1 rings (SSSR count). The van der Waals surface area contributed by atoms with Crippen LogP contribution in [0.3, 0.4) is 0 Å². The van der Waals surface area contributed by atoms with Crippen molar-refractivity contribution in [1.29, 1.82) is 0 Å². The zero-order chi connectivity index (χ0) is 19.4. The largest absolute Gasteiger partial charge is 0.415 e. The van der Waals surface area contributed by atoms with E-state index in [1.165, 1.54) is 4.90 Å². The second kappa shape index (κ2) is 9.76. The number of aromatic nitrogens is 1. The fourth-order valence-electron chi connectivity index (χ4n) is 2.42. The van der Waals surface area contributed by atoms with Crippen molar-refractivity contribution in [1.82, 2.24) is 14.8 Å².